The molecule has 0 aliphatic heterocycles. The van der Waals surface area contributed by atoms with E-state index in [1.54, 1.807) is 6.92 Å². The van der Waals surface area contributed by atoms with Gasteiger partial charge in [0.2, 0.25) is 0 Å². The van der Waals surface area contributed by atoms with Gasteiger partial charge in [0, 0.05) is 18.2 Å². The lowest BCUT2D eigenvalue weighted by Crippen LogP contribution is -1.96. The van der Waals surface area contributed by atoms with E-state index in [0.717, 1.165) is 0 Å². The molecule has 0 aromatic carbocycles. The molecular formula is C8H11NO. The highest BCUT2D eigenvalue weighted by Gasteiger charge is 2.00. The second-order valence-corrected chi connectivity index (χ2v) is 1.75. The van der Waals surface area contributed by atoms with Crippen LogP contribution in [0.4, 0.5) is 0 Å². The van der Waals surface area contributed by atoms with Crippen LogP contribution in [0.2, 0.25) is 0 Å². The van der Waals surface area contributed by atoms with Crippen LogP contribution in [0.1, 0.15) is 13.3 Å². The second-order valence-electron chi connectivity index (χ2n) is 1.75. The molecule has 54 valence electrons. The number of rotatable bonds is 4. The van der Waals surface area contributed by atoms with Gasteiger partial charge in [-0.1, -0.05) is 19.6 Å². The Hall–Kier alpha value is -1.18. The molecule has 2 heteroatoms. The highest BCUT2D eigenvalue weighted by Crippen LogP contribution is 2.00. The monoisotopic (exact) mass is 137 g/mol. The zero-order valence-corrected chi connectivity index (χ0v) is 6.13. The number of hydrogen-bond acceptors (Lipinski definition) is 2. The summed E-state index contributed by atoms with van der Waals surface area (Å²) in [6.45, 7) is 8.50. The van der Waals surface area contributed by atoms with Crippen molar-refractivity contribution in [1.29, 1.82) is 0 Å². The first kappa shape index (κ1) is 8.82. The Balaban J connectivity index is 4.34. The summed E-state index contributed by atoms with van der Waals surface area (Å²) in [5, 5.41) is 0. The molecule has 0 unspecified atom stereocenters. The fourth-order valence-corrected chi connectivity index (χ4v) is 0.541. The van der Waals surface area contributed by atoms with E-state index in [-0.39, 0.29) is 5.78 Å². The molecule has 0 heterocycles. The molecule has 0 aliphatic rings. The van der Waals surface area contributed by atoms with Crippen LogP contribution in [0, 0.1) is 0 Å². The molecule has 0 aromatic heterocycles. The van der Waals surface area contributed by atoms with E-state index in [4.69, 9.17) is 0 Å². The van der Waals surface area contributed by atoms with Crippen molar-refractivity contribution in [3.8, 4) is 0 Å². The first-order chi connectivity index (χ1) is 4.76. The molecule has 0 fully saturated rings. The molecule has 2 nitrogen and oxygen atoms in total. The van der Waals surface area contributed by atoms with Crippen molar-refractivity contribution in [3.63, 3.8) is 0 Å². The van der Waals surface area contributed by atoms with Crippen LogP contribution in [-0.2, 0) is 4.79 Å². The Labute approximate surface area is 61.0 Å². The van der Waals surface area contributed by atoms with Crippen molar-refractivity contribution < 1.29 is 4.79 Å². The Morgan fingerprint density at radius 2 is 2.30 bits per heavy atom. The van der Waals surface area contributed by atoms with Gasteiger partial charge in [-0.3, -0.25) is 9.79 Å². The molecule has 0 amide bonds. The van der Waals surface area contributed by atoms with E-state index in [9.17, 15) is 4.79 Å². The van der Waals surface area contributed by atoms with Gasteiger partial charge in [0.05, 0.1) is 0 Å². The van der Waals surface area contributed by atoms with Crippen LogP contribution >= 0.6 is 0 Å². The summed E-state index contributed by atoms with van der Waals surface area (Å²) in [6, 6.07) is 0. The number of allylic oxidation sites excluding steroid dienone is 2. The highest BCUT2D eigenvalue weighted by molar-refractivity contribution is 5.97. The third-order valence-corrected chi connectivity index (χ3v) is 1.09. The maximum atomic E-state index is 10.9. The van der Waals surface area contributed by atoms with Gasteiger partial charge in [0.25, 0.3) is 0 Å². The molecule has 0 bridgehead atoms. The molecular weight excluding hydrogens is 126 g/mol. The van der Waals surface area contributed by atoms with Crippen molar-refractivity contribution in [2.45, 2.75) is 13.3 Å². The molecule has 0 aromatic rings. The van der Waals surface area contributed by atoms with Gasteiger partial charge in [-0.05, 0) is 6.72 Å². The van der Waals surface area contributed by atoms with Crippen LogP contribution in [-0.4, -0.2) is 12.5 Å². The summed E-state index contributed by atoms with van der Waals surface area (Å²) < 4.78 is 0. The van der Waals surface area contributed by atoms with Crippen molar-refractivity contribution >= 4 is 12.5 Å². The van der Waals surface area contributed by atoms with Crippen molar-refractivity contribution in [2.75, 3.05) is 0 Å². The van der Waals surface area contributed by atoms with Crippen LogP contribution in [0.3, 0.4) is 0 Å². The van der Waals surface area contributed by atoms with Crippen LogP contribution in [0.5, 0.6) is 0 Å². The molecule has 0 saturated carbocycles. The fraction of sp³-hybridized carbons (Fsp3) is 0.250. The third kappa shape index (κ3) is 2.40. The van der Waals surface area contributed by atoms with E-state index in [1.807, 2.05) is 0 Å². The summed E-state index contributed by atoms with van der Waals surface area (Å²) in [4.78, 5) is 14.4. The van der Waals surface area contributed by atoms with E-state index < -0.39 is 0 Å². The Morgan fingerprint density at radius 1 is 1.70 bits per heavy atom. The average molecular weight is 137 g/mol. The average Bonchev–Trinajstić information content (AvgIpc) is 1.99. The predicted molar refractivity (Wildman–Crippen MR) is 43.1 cm³/mol. The zero-order chi connectivity index (χ0) is 7.98. The Morgan fingerprint density at radius 3 is 2.60 bits per heavy atom. The van der Waals surface area contributed by atoms with Crippen molar-refractivity contribution in [1.82, 2.24) is 0 Å². The Bertz CT molecular complexity index is 180. The molecule has 0 spiro atoms. The number of carbonyl (C=O) groups is 1. The fourth-order valence-electron chi connectivity index (χ4n) is 0.541. The van der Waals surface area contributed by atoms with Gasteiger partial charge >= 0.3 is 0 Å². The van der Waals surface area contributed by atoms with E-state index >= 15 is 0 Å². The smallest absolute Gasteiger partial charge is 0.164 e. The highest BCUT2D eigenvalue weighted by atomic mass is 16.1. The molecule has 0 rings (SSSR count). The number of nitrogens with zero attached hydrogens (tertiary/aromatic N) is 1. The Kier molecular flexibility index (Phi) is 4.12. The van der Waals surface area contributed by atoms with Gasteiger partial charge in [0.1, 0.15) is 0 Å². The van der Waals surface area contributed by atoms with Gasteiger partial charge in [0.15, 0.2) is 5.78 Å². The minimum Gasteiger partial charge on any atom is -0.294 e. The van der Waals surface area contributed by atoms with Gasteiger partial charge in [-0.25, -0.2) is 0 Å². The standard InChI is InChI=1S/C8H11NO/c1-4-7(6-9-3)8(10)5-2/h4,6H,1,3,5H2,2H3/b7-6+. The van der Waals surface area contributed by atoms with E-state index in [2.05, 4.69) is 18.3 Å². The largest absolute Gasteiger partial charge is 0.294 e. The maximum Gasteiger partial charge on any atom is 0.164 e. The molecule has 10 heavy (non-hydrogen) atoms. The number of aliphatic imine (C=N–C) groups is 1. The summed E-state index contributed by atoms with van der Waals surface area (Å²) in [5.74, 6) is 0.0439. The molecule has 0 aliphatic carbocycles. The van der Waals surface area contributed by atoms with Gasteiger partial charge in [-0.2, -0.15) is 0 Å². The summed E-state index contributed by atoms with van der Waals surface area (Å²) >= 11 is 0. The number of ketones is 1. The van der Waals surface area contributed by atoms with Gasteiger partial charge in [-0.15, -0.1) is 0 Å². The second kappa shape index (κ2) is 4.68. The predicted octanol–water partition coefficient (Wildman–Crippen LogP) is 1.74. The summed E-state index contributed by atoms with van der Waals surface area (Å²) in [5.41, 5.74) is 0.525. The number of hydrogen-bond donors (Lipinski definition) is 0. The minimum absolute atomic E-state index is 0.0439. The minimum atomic E-state index is 0.0439. The lowest BCUT2D eigenvalue weighted by Gasteiger charge is -1.93. The van der Waals surface area contributed by atoms with Crippen molar-refractivity contribution in [2.24, 2.45) is 4.99 Å². The lowest BCUT2D eigenvalue weighted by molar-refractivity contribution is -0.115. The zero-order valence-electron chi connectivity index (χ0n) is 6.13. The van der Waals surface area contributed by atoms with E-state index in [0.29, 0.717) is 12.0 Å². The lowest BCUT2D eigenvalue weighted by atomic mass is 10.1. The SMILES string of the molecule is C=C/C(=C\N=C)C(=O)CC. The van der Waals surface area contributed by atoms with Crippen LogP contribution in [0.25, 0.3) is 0 Å². The first-order valence-electron chi connectivity index (χ1n) is 3.07. The summed E-state index contributed by atoms with van der Waals surface area (Å²) in [7, 11) is 0. The molecule has 0 saturated heterocycles. The summed E-state index contributed by atoms with van der Waals surface area (Å²) in [6.07, 6.45) is 3.38. The number of carbonyl (C=O) groups excluding carboxylic acids is 1. The third-order valence-electron chi connectivity index (χ3n) is 1.09. The quantitative estimate of drug-likeness (QED) is 0.329. The number of Topliss-reactive ketones (excluding diaryl/α,β-unsaturated/α-hetero) is 1. The molecule has 0 radical (unpaired) electrons. The van der Waals surface area contributed by atoms with Crippen LogP contribution in [0.15, 0.2) is 29.4 Å². The van der Waals surface area contributed by atoms with Gasteiger partial charge < -0.3 is 0 Å². The topological polar surface area (TPSA) is 29.4 Å². The molecule has 0 atom stereocenters. The van der Waals surface area contributed by atoms with Crippen molar-refractivity contribution in [3.05, 3.63) is 24.4 Å². The van der Waals surface area contributed by atoms with E-state index in [1.165, 1.54) is 12.3 Å². The maximum absolute atomic E-state index is 10.9. The molecule has 0 N–H and O–H groups in total. The van der Waals surface area contributed by atoms with Crippen LogP contribution < -0.4 is 0 Å². The first-order valence-corrected chi connectivity index (χ1v) is 3.07. The normalized spacial score (nSPS) is 10.7.